The van der Waals surface area contributed by atoms with Crippen LogP contribution >= 0.6 is 21.8 Å². The molecule has 0 saturated carbocycles. The molecule has 0 bridgehead atoms. The summed E-state index contributed by atoms with van der Waals surface area (Å²) in [5, 5.41) is 2.76. The highest BCUT2D eigenvalue weighted by molar-refractivity contribution is 8.75. The van der Waals surface area contributed by atoms with Gasteiger partial charge in [-0.25, -0.2) is 0 Å². The van der Waals surface area contributed by atoms with Crippen LogP contribution in [-0.2, 0) is 0 Å². The maximum absolute atomic E-state index is 2.36. The second kappa shape index (κ2) is 3.84. The first-order valence-corrected chi connectivity index (χ1v) is 6.93. The van der Waals surface area contributed by atoms with Gasteiger partial charge in [0.05, 0.1) is 5.35 Å². The molecule has 0 saturated heterocycles. The minimum Gasteiger partial charge on any atom is -0.282 e. The van der Waals surface area contributed by atoms with E-state index in [-0.39, 0.29) is 0 Å². The lowest BCUT2D eigenvalue weighted by atomic mass is 10.0. The first-order valence-electron chi connectivity index (χ1n) is 4.42. The molecule has 13 heavy (non-hydrogen) atoms. The molecule has 1 atom stereocenters. The molecular formula is C10H13NS2. The number of hydrogen-bond acceptors (Lipinski definition) is 2. The van der Waals surface area contributed by atoms with E-state index in [9.17, 15) is 0 Å². The van der Waals surface area contributed by atoms with E-state index >= 15 is 0 Å². The molecule has 2 rings (SSSR count). The Morgan fingerprint density at radius 2 is 2.38 bits per heavy atom. The van der Waals surface area contributed by atoms with Crippen molar-refractivity contribution in [3.05, 3.63) is 22.8 Å². The van der Waals surface area contributed by atoms with E-state index in [0.29, 0.717) is 5.92 Å². The Kier molecular flexibility index (Phi) is 2.74. The molecule has 3 heteroatoms. The summed E-state index contributed by atoms with van der Waals surface area (Å²) < 4.78 is 2.24. The lowest BCUT2D eigenvalue weighted by molar-refractivity contribution is 0.796. The molecule has 0 aliphatic heterocycles. The Balaban J connectivity index is 2.52. The highest BCUT2D eigenvalue weighted by Gasteiger charge is 2.04. The Bertz CT molecular complexity index is 405. The number of hydrogen-bond donors (Lipinski definition) is 0. The van der Waals surface area contributed by atoms with Gasteiger partial charge in [-0.15, -0.1) is 0 Å². The summed E-state index contributed by atoms with van der Waals surface area (Å²) in [4.78, 5) is 0. The molecule has 1 heterocycles. The van der Waals surface area contributed by atoms with Crippen molar-refractivity contribution in [1.82, 2.24) is 3.97 Å². The maximum atomic E-state index is 2.36. The highest BCUT2D eigenvalue weighted by atomic mass is 33.1. The number of aromatic nitrogens is 1. The van der Waals surface area contributed by atoms with Gasteiger partial charge in [-0.1, -0.05) is 29.9 Å². The molecule has 0 amide bonds. The molecule has 0 N–H and O–H groups in total. The van der Waals surface area contributed by atoms with Crippen LogP contribution < -0.4 is 10.6 Å². The second-order valence-corrected chi connectivity index (χ2v) is 5.63. The Morgan fingerprint density at radius 1 is 1.54 bits per heavy atom. The molecule has 1 aromatic heterocycles. The molecule has 0 aromatic carbocycles. The maximum Gasteiger partial charge on any atom is 0.0558 e. The van der Waals surface area contributed by atoms with Crippen molar-refractivity contribution in [2.75, 3.05) is 6.26 Å². The van der Waals surface area contributed by atoms with E-state index in [4.69, 9.17) is 0 Å². The van der Waals surface area contributed by atoms with Crippen LogP contribution in [-0.4, -0.2) is 10.2 Å². The van der Waals surface area contributed by atoms with E-state index in [1.54, 1.807) is 21.8 Å². The molecule has 0 fully saturated rings. The van der Waals surface area contributed by atoms with E-state index in [0.717, 1.165) is 0 Å². The fraction of sp³-hybridized carbons (Fsp3) is 0.400. The van der Waals surface area contributed by atoms with Crippen molar-refractivity contribution in [2.45, 2.75) is 13.3 Å². The first-order chi connectivity index (χ1) is 6.31. The number of rotatable bonds is 2. The molecular weight excluding hydrogens is 198 g/mol. The molecule has 0 spiro atoms. The Hall–Kier alpha value is -0.280. The van der Waals surface area contributed by atoms with Crippen molar-refractivity contribution in [2.24, 2.45) is 5.92 Å². The fourth-order valence-electron chi connectivity index (χ4n) is 1.58. The highest BCUT2D eigenvalue weighted by Crippen LogP contribution is 2.17. The fourth-order valence-corrected chi connectivity index (χ4v) is 2.97. The zero-order chi connectivity index (χ0) is 9.26. The Labute approximate surface area is 86.4 Å². The topological polar surface area (TPSA) is 4.93 Å². The van der Waals surface area contributed by atoms with Crippen LogP contribution in [0, 0.1) is 5.92 Å². The van der Waals surface area contributed by atoms with Gasteiger partial charge in [0.2, 0.25) is 0 Å². The number of fused-ring (bicyclic) bond motifs is 1. The normalized spacial score (nSPS) is 20.3. The molecule has 1 nitrogen and oxygen atoms in total. The van der Waals surface area contributed by atoms with Crippen LogP contribution in [0.5, 0.6) is 0 Å². The van der Waals surface area contributed by atoms with Crippen molar-refractivity contribution in [1.29, 1.82) is 0 Å². The third kappa shape index (κ3) is 1.81. The van der Waals surface area contributed by atoms with Crippen LogP contribution in [0.2, 0.25) is 0 Å². The average molecular weight is 211 g/mol. The van der Waals surface area contributed by atoms with Gasteiger partial charge in [0.15, 0.2) is 0 Å². The first kappa shape index (κ1) is 9.28. The van der Waals surface area contributed by atoms with Crippen LogP contribution in [0.25, 0.3) is 12.2 Å². The van der Waals surface area contributed by atoms with Gasteiger partial charge >= 0.3 is 0 Å². The van der Waals surface area contributed by atoms with Crippen molar-refractivity contribution >= 4 is 33.9 Å². The third-order valence-corrected chi connectivity index (χ3v) is 3.79. The minimum absolute atomic E-state index is 0.684. The van der Waals surface area contributed by atoms with Gasteiger partial charge < -0.3 is 0 Å². The third-order valence-electron chi connectivity index (χ3n) is 2.23. The largest absolute Gasteiger partial charge is 0.282 e. The summed E-state index contributed by atoms with van der Waals surface area (Å²) in [6.45, 7) is 2.26. The molecule has 1 aliphatic carbocycles. The standard InChI is InChI=1S/C10H13NS2/c1-8-3-4-9-5-6-11(13-12-2)10(9)7-8/h4-8H,3H2,1-2H3. The number of nitrogens with zero attached hydrogens (tertiary/aromatic N) is 1. The lowest BCUT2D eigenvalue weighted by Crippen LogP contribution is -2.29. The lowest BCUT2D eigenvalue weighted by Gasteiger charge is -2.06. The van der Waals surface area contributed by atoms with Gasteiger partial charge in [0.1, 0.15) is 0 Å². The molecule has 1 unspecified atom stereocenters. The van der Waals surface area contributed by atoms with Gasteiger partial charge in [0, 0.05) is 17.2 Å². The zero-order valence-corrected chi connectivity index (χ0v) is 9.49. The Morgan fingerprint density at radius 3 is 3.15 bits per heavy atom. The summed E-state index contributed by atoms with van der Waals surface area (Å²) in [5.74, 6) is 0.684. The summed E-state index contributed by atoms with van der Waals surface area (Å²) >= 11 is 0. The predicted molar refractivity (Wildman–Crippen MR) is 62.9 cm³/mol. The summed E-state index contributed by atoms with van der Waals surface area (Å²) in [5.41, 5.74) is 0. The van der Waals surface area contributed by atoms with E-state index in [1.165, 1.54) is 17.0 Å². The zero-order valence-electron chi connectivity index (χ0n) is 7.86. The van der Waals surface area contributed by atoms with Crippen molar-refractivity contribution in [3.63, 3.8) is 0 Å². The monoisotopic (exact) mass is 211 g/mol. The van der Waals surface area contributed by atoms with Crippen molar-refractivity contribution in [3.8, 4) is 0 Å². The summed E-state index contributed by atoms with van der Waals surface area (Å²) in [6, 6.07) is 2.20. The molecule has 1 aliphatic rings. The quantitative estimate of drug-likeness (QED) is 0.688. The second-order valence-electron chi connectivity index (χ2n) is 3.31. The summed E-state index contributed by atoms with van der Waals surface area (Å²) in [7, 11) is 3.56. The SMILES string of the molecule is CSSn1ccc2c1=CC(C)CC=2. The van der Waals surface area contributed by atoms with E-state index in [2.05, 4.69) is 41.6 Å². The van der Waals surface area contributed by atoms with Crippen LogP contribution in [0.1, 0.15) is 13.3 Å². The molecule has 1 aromatic rings. The van der Waals surface area contributed by atoms with Gasteiger partial charge in [-0.05, 0) is 29.9 Å². The van der Waals surface area contributed by atoms with Crippen LogP contribution in [0.15, 0.2) is 12.3 Å². The predicted octanol–water partition coefficient (Wildman–Crippen LogP) is 1.86. The van der Waals surface area contributed by atoms with Crippen molar-refractivity contribution < 1.29 is 0 Å². The van der Waals surface area contributed by atoms with E-state index in [1.807, 2.05) is 0 Å². The molecule has 0 radical (unpaired) electrons. The van der Waals surface area contributed by atoms with Gasteiger partial charge in [-0.2, -0.15) is 0 Å². The van der Waals surface area contributed by atoms with E-state index < -0.39 is 0 Å². The van der Waals surface area contributed by atoms with Gasteiger partial charge in [-0.3, -0.25) is 3.97 Å². The minimum atomic E-state index is 0.684. The van der Waals surface area contributed by atoms with Crippen LogP contribution in [0.3, 0.4) is 0 Å². The van der Waals surface area contributed by atoms with Gasteiger partial charge in [0.25, 0.3) is 0 Å². The molecule has 70 valence electrons. The average Bonchev–Trinajstić information content (AvgIpc) is 2.49. The summed E-state index contributed by atoms with van der Waals surface area (Å²) in [6.07, 6.45) is 10.1. The van der Waals surface area contributed by atoms with Crippen LogP contribution in [0.4, 0.5) is 0 Å². The smallest absolute Gasteiger partial charge is 0.0558 e.